The molecule has 0 atom stereocenters. The Kier molecular flexibility index (Phi) is 8.49. The number of tetrazole rings is 1. The summed E-state index contributed by atoms with van der Waals surface area (Å²) in [4.78, 5) is 35.1. The average Bonchev–Trinajstić information content (AvgIpc) is 3.36. The number of rotatable bonds is 10. The summed E-state index contributed by atoms with van der Waals surface area (Å²) < 4.78 is 7.60. The van der Waals surface area contributed by atoms with Gasteiger partial charge in [0.1, 0.15) is 17.2 Å². The molecule has 0 saturated heterocycles. The highest BCUT2D eigenvalue weighted by Crippen LogP contribution is 2.43. The van der Waals surface area contributed by atoms with E-state index in [1.807, 2.05) is 30.3 Å². The summed E-state index contributed by atoms with van der Waals surface area (Å²) in [5.74, 6) is -2.26. The summed E-state index contributed by atoms with van der Waals surface area (Å²) in [5.41, 5.74) is 1.33. The molecular weight excluding hydrogens is 540 g/mol. The highest BCUT2D eigenvalue weighted by Gasteiger charge is 2.19. The Hall–Kier alpha value is -5.11. The van der Waals surface area contributed by atoms with Crippen LogP contribution in [0.2, 0.25) is 0 Å². The highest BCUT2D eigenvalue weighted by molar-refractivity contribution is 7.99. The third-order valence-corrected chi connectivity index (χ3v) is 6.35. The number of aromatic hydroxyl groups is 2. The number of carboxylic acids is 1. The molecule has 3 aromatic carbocycles. The number of ether oxygens (including phenoxy) is 1. The molecule has 40 heavy (non-hydrogen) atoms. The maximum absolute atomic E-state index is 12.2. The second-order valence-corrected chi connectivity index (χ2v) is 9.50. The molecule has 1 heterocycles. The molecule has 4 aromatic rings. The van der Waals surface area contributed by atoms with Crippen molar-refractivity contribution in [1.29, 1.82) is 0 Å². The van der Waals surface area contributed by atoms with Crippen LogP contribution in [0.1, 0.15) is 25.3 Å². The lowest BCUT2D eigenvalue weighted by molar-refractivity contribution is -0.138. The highest BCUT2D eigenvalue weighted by atomic mass is 32.2. The second kappa shape index (κ2) is 12.2. The molecule has 0 aliphatic heterocycles. The first-order chi connectivity index (χ1) is 19.1. The Morgan fingerprint density at radius 1 is 0.950 bits per heavy atom. The lowest BCUT2D eigenvalue weighted by atomic mass is 10.2. The Bertz CT molecular complexity index is 1580. The smallest absolute Gasteiger partial charge is 0.303 e. The Morgan fingerprint density at radius 2 is 1.70 bits per heavy atom. The zero-order valence-electron chi connectivity index (χ0n) is 21.3. The lowest BCUT2D eigenvalue weighted by Gasteiger charge is -2.17. The first kappa shape index (κ1) is 27.9. The fourth-order valence-corrected chi connectivity index (χ4v) is 4.34. The summed E-state index contributed by atoms with van der Waals surface area (Å²) >= 11 is 1.09. The number of hydrogen-bond donors (Lipinski definition) is 5. The van der Waals surface area contributed by atoms with Crippen LogP contribution in [0, 0.1) is 6.92 Å². The molecule has 5 N–H and O–H groups in total. The van der Waals surface area contributed by atoms with Gasteiger partial charge in [0, 0.05) is 25.5 Å². The summed E-state index contributed by atoms with van der Waals surface area (Å²) in [6, 6.07) is 14.8. The molecule has 0 bridgehead atoms. The van der Waals surface area contributed by atoms with Crippen LogP contribution in [0.4, 0.5) is 11.4 Å². The first-order valence-electron chi connectivity index (χ1n) is 11.8. The van der Waals surface area contributed by atoms with Crippen molar-refractivity contribution in [3.63, 3.8) is 0 Å². The number of benzene rings is 3. The van der Waals surface area contributed by atoms with Gasteiger partial charge in [-0.2, -0.15) is 4.68 Å². The van der Waals surface area contributed by atoms with Gasteiger partial charge in [-0.3, -0.25) is 14.4 Å². The van der Waals surface area contributed by atoms with Gasteiger partial charge in [-0.15, -0.1) is 5.10 Å². The third-order valence-electron chi connectivity index (χ3n) is 5.37. The molecular formula is C26H24N6O7S. The summed E-state index contributed by atoms with van der Waals surface area (Å²) in [5, 5.41) is 47.1. The quantitative estimate of drug-likeness (QED) is 0.174. The normalized spacial score (nSPS) is 10.7. The molecule has 0 aliphatic carbocycles. The maximum atomic E-state index is 12.2. The van der Waals surface area contributed by atoms with E-state index in [-0.39, 0.29) is 41.5 Å². The summed E-state index contributed by atoms with van der Waals surface area (Å²) in [6.07, 6.45) is -0.695. The van der Waals surface area contributed by atoms with Crippen LogP contribution in [0.3, 0.4) is 0 Å². The zero-order valence-corrected chi connectivity index (χ0v) is 22.1. The number of carbonyl (C=O) groups excluding carboxylic acids is 2. The Morgan fingerprint density at radius 3 is 2.40 bits per heavy atom. The maximum Gasteiger partial charge on any atom is 0.303 e. The van der Waals surface area contributed by atoms with E-state index in [2.05, 4.69) is 26.2 Å². The number of para-hydroxylation sites is 1. The van der Waals surface area contributed by atoms with E-state index >= 15 is 0 Å². The number of anilines is 2. The number of amides is 2. The molecule has 206 valence electrons. The fourth-order valence-electron chi connectivity index (χ4n) is 3.51. The van der Waals surface area contributed by atoms with Gasteiger partial charge >= 0.3 is 5.97 Å². The van der Waals surface area contributed by atoms with Crippen LogP contribution in [-0.4, -0.2) is 53.3 Å². The zero-order chi connectivity index (χ0) is 28.8. The molecule has 14 heteroatoms. The lowest BCUT2D eigenvalue weighted by Crippen LogP contribution is -2.14. The Labute approximate surface area is 231 Å². The molecule has 0 spiro atoms. The third kappa shape index (κ3) is 6.85. The van der Waals surface area contributed by atoms with Crippen molar-refractivity contribution in [3.8, 4) is 28.7 Å². The number of hydrogen-bond acceptors (Lipinski definition) is 10. The molecule has 0 aliphatic rings. The minimum atomic E-state index is -1.14. The van der Waals surface area contributed by atoms with Crippen molar-refractivity contribution in [1.82, 2.24) is 20.2 Å². The van der Waals surface area contributed by atoms with Crippen molar-refractivity contribution in [2.24, 2.45) is 0 Å². The molecule has 0 radical (unpaired) electrons. The molecule has 4 rings (SSSR count). The monoisotopic (exact) mass is 564 g/mol. The van der Waals surface area contributed by atoms with Gasteiger partial charge in [0.05, 0.1) is 28.4 Å². The van der Waals surface area contributed by atoms with Crippen LogP contribution in [-0.2, 0) is 14.4 Å². The van der Waals surface area contributed by atoms with Crippen LogP contribution in [0.25, 0.3) is 5.69 Å². The van der Waals surface area contributed by atoms with Gasteiger partial charge < -0.3 is 30.7 Å². The number of aromatic nitrogens is 4. The van der Waals surface area contributed by atoms with Crippen molar-refractivity contribution in [3.05, 3.63) is 60.2 Å². The average molecular weight is 565 g/mol. The number of carbonyl (C=O) groups is 3. The minimum Gasteiger partial charge on any atom is -0.507 e. The van der Waals surface area contributed by atoms with Crippen LogP contribution in [0.15, 0.2) is 64.6 Å². The largest absolute Gasteiger partial charge is 0.507 e. The number of aliphatic carboxylic acids is 1. The van der Waals surface area contributed by atoms with Crippen molar-refractivity contribution in [2.75, 3.05) is 10.6 Å². The molecule has 0 saturated carbocycles. The predicted octanol–water partition coefficient (Wildman–Crippen LogP) is 4.09. The second-order valence-electron chi connectivity index (χ2n) is 8.49. The van der Waals surface area contributed by atoms with Crippen LogP contribution in [0.5, 0.6) is 23.0 Å². The summed E-state index contributed by atoms with van der Waals surface area (Å²) in [6.45, 7) is 2.98. The molecule has 0 fully saturated rings. The van der Waals surface area contributed by atoms with Crippen molar-refractivity contribution < 1.29 is 34.4 Å². The predicted molar refractivity (Wildman–Crippen MR) is 144 cm³/mol. The number of phenols is 2. The van der Waals surface area contributed by atoms with Gasteiger partial charge in [-0.1, -0.05) is 18.2 Å². The van der Waals surface area contributed by atoms with Gasteiger partial charge in [0.15, 0.2) is 5.75 Å². The standard InChI is InChI=1S/C26H24N6O7S/c1-14-10-20(35)23(40-26-29-30-31-32(26)16-6-4-3-5-7-16)13-21(14)39-22-12-17(28-24(36)8-9-25(37)38)19(34)11-18(22)27-15(2)33/h3-7,10-13,34-35H,8-9H2,1-2H3,(H,27,33)(H,28,36)(H,37,38). The van der Waals surface area contributed by atoms with E-state index in [1.165, 1.54) is 29.8 Å². The van der Waals surface area contributed by atoms with E-state index in [9.17, 15) is 24.6 Å². The Balaban J connectivity index is 1.66. The topological polar surface area (TPSA) is 189 Å². The molecule has 1 aromatic heterocycles. The fraction of sp³-hybridized carbons (Fsp3) is 0.154. The number of nitrogens with zero attached hydrogens (tertiary/aromatic N) is 4. The van der Waals surface area contributed by atoms with E-state index in [4.69, 9.17) is 9.84 Å². The van der Waals surface area contributed by atoms with E-state index in [1.54, 1.807) is 13.0 Å². The number of aryl methyl sites for hydroxylation is 1. The van der Waals surface area contributed by atoms with Gasteiger partial charge in [0.2, 0.25) is 17.0 Å². The number of carboxylic acid groups (broad SMARTS) is 1. The molecule has 0 unspecified atom stereocenters. The van der Waals surface area contributed by atoms with Gasteiger partial charge in [0.25, 0.3) is 0 Å². The van der Waals surface area contributed by atoms with Crippen LogP contribution < -0.4 is 15.4 Å². The summed E-state index contributed by atoms with van der Waals surface area (Å²) in [7, 11) is 0. The van der Waals surface area contributed by atoms with Crippen molar-refractivity contribution in [2.45, 2.75) is 36.7 Å². The molecule has 2 amide bonds. The number of nitrogens with one attached hydrogen (secondary N) is 2. The van der Waals surface area contributed by atoms with Crippen molar-refractivity contribution >= 4 is 40.9 Å². The van der Waals surface area contributed by atoms with Gasteiger partial charge in [-0.05, 0) is 58.9 Å². The number of phenolic OH excluding ortho intramolecular Hbond substituents is 2. The van der Waals surface area contributed by atoms with E-state index < -0.39 is 17.8 Å². The van der Waals surface area contributed by atoms with E-state index in [0.29, 0.717) is 21.4 Å². The molecule has 13 nitrogen and oxygen atoms in total. The first-order valence-corrected chi connectivity index (χ1v) is 12.6. The SMILES string of the molecule is CC(=O)Nc1cc(O)c(NC(=O)CCC(=O)O)cc1Oc1cc(Sc2nnnn2-c2ccccc2)c(O)cc1C. The van der Waals surface area contributed by atoms with Crippen LogP contribution >= 0.6 is 11.8 Å². The van der Waals surface area contributed by atoms with Gasteiger partial charge in [-0.25, -0.2) is 0 Å². The minimum absolute atomic E-state index is 0.0448. The van der Waals surface area contributed by atoms with E-state index in [0.717, 1.165) is 17.4 Å².